The van der Waals surface area contributed by atoms with Gasteiger partial charge in [-0.3, -0.25) is 14.7 Å². The lowest BCUT2D eigenvalue weighted by Gasteiger charge is -2.15. The Balaban J connectivity index is 2.48. The van der Waals surface area contributed by atoms with E-state index in [9.17, 15) is 4.79 Å². The number of rotatable bonds is 5. The molecule has 0 aromatic carbocycles. The van der Waals surface area contributed by atoms with Crippen LogP contribution in [0.15, 0.2) is 18.3 Å². The fourth-order valence-corrected chi connectivity index (χ4v) is 1.42. The van der Waals surface area contributed by atoms with Crippen LogP contribution in [0.1, 0.15) is 18.2 Å². The largest absolute Gasteiger partial charge is 0.465 e. The first-order valence-corrected chi connectivity index (χ1v) is 5.38. The molecule has 0 saturated carbocycles. The van der Waals surface area contributed by atoms with E-state index in [4.69, 9.17) is 4.74 Å². The second-order valence-electron chi connectivity index (χ2n) is 3.74. The Bertz CT molecular complexity index is 353. The van der Waals surface area contributed by atoms with Crippen molar-refractivity contribution < 1.29 is 9.53 Å². The molecule has 0 saturated heterocycles. The van der Waals surface area contributed by atoms with Crippen LogP contribution in [-0.4, -0.2) is 36.1 Å². The molecule has 0 fully saturated rings. The van der Waals surface area contributed by atoms with Gasteiger partial charge < -0.3 is 4.74 Å². The van der Waals surface area contributed by atoms with Crippen LogP contribution in [0.4, 0.5) is 0 Å². The van der Waals surface area contributed by atoms with Crippen molar-refractivity contribution in [2.24, 2.45) is 0 Å². The van der Waals surface area contributed by atoms with Gasteiger partial charge in [-0.1, -0.05) is 6.07 Å². The van der Waals surface area contributed by atoms with Crippen molar-refractivity contribution in [1.82, 2.24) is 9.88 Å². The molecule has 1 rings (SSSR count). The van der Waals surface area contributed by atoms with E-state index in [1.807, 2.05) is 31.0 Å². The quantitative estimate of drug-likeness (QED) is 0.706. The lowest BCUT2D eigenvalue weighted by molar-refractivity contribution is -0.144. The normalized spacial score (nSPS) is 10.5. The van der Waals surface area contributed by atoms with Crippen LogP contribution >= 0.6 is 0 Å². The van der Waals surface area contributed by atoms with E-state index in [1.165, 1.54) is 0 Å². The van der Waals surface area contributed by atoms with Crippen molar-refractivity contribution in [2.45, 2.75) is 20.4 Å². The summed E-state index contributed by atoms with van der Waals surface area (Å²) in [7, 11) is 1.88. The predicted molar refractivity (Wildman–Crippen MR) is 61.9 cm³/mol. The molecule has 0 bridgehead atoms. The Labute approximate surface area is 96.2 Å². The maximum atomic E-state index is 11.2. The molecule has 0 aliphatic carbocycles. The van der Waals surface area contributed by atoms with Crippen molar-refractivity contribution in [3.05, 3.63) is 29.6 Å². The molecule has 88 valence electrons. The summed E-state index contributed by atoms with van der Waals surface area (Å²) in [5.41, 5.74) is 2.13. The molecule has 16 heavy (non-hydrogen) atoms. The monoisotopic (exact) mass is 222 g/mol. The van der Waals surface area contributed by atoms with Gasteiger partial charge in [0.1, 0.15) is 0 Å². The van der Waals surface area contributed by atoms with Crippen molar-refractivity contribution in [2.75, 3.05) is 20.2 Å². The fraction of sp³-hybridized carbons (Fsp3) is 0.500. The number of ether oxygens (including phenoxy) is 1. The maximum Gasteiger partial charge on any atom is 0.320 e. The van der Waals surface area contributed by atoms with E-state index in [1.54, 1.807) is 13.1 Å². The molecule has 0 aliphatic heterocycles. The highest BCUT2D eigenvalue weighted by Crippen LogP contribution is 2.05. The van der Waals surface area contributed by atoms with Gasteiger partial charge in [-0.25, -0.2) is 0 Å². The van der Waals surface area contributed by atoms with Gasteiger partial charge in [-0.2, -0.15) is 0 Å². The molecule has 1 aromatic rings. The van der Waals surface area contributed by atoms with Crippen LogP contribution < -0.4 is 0 Å². The number of hydrogen-bond acceptors (Lipinski definition) is 4. The Kier molecular flexibility index (Phi) is 4.92. The summed E-state index contributed by atoms with van der Waals surface area (Å²) >= 11 is 0. The molecule has 0 amide bonds. The fourth-order valence-electron chi connectivity index (χ4n) is 1.42. The van der Waals surface area contributed by atoms with E-state index < -0.39 is 0 Å². The number of hydrogen-bond donors (Lipinski definition) is 0. The molecule has 1 aromatic heterocycles. The van der Waals surface area contributed by atoms with Crippen molar-refractivity contribution in [3.63, 3.8) is 0 Å². The molecule has 4 heteroatoms. The molecule has 0 spiro atoms. The zero-order valence-corrected chi connectivity index (χ0v) is 10.1. The number of aryl methyl sites for hydroxylation is 1. The summed E-state index contributed by atoms with van der Waals surface area (Å²) in [5, 5.41) is 0. The third-order valence-corrected chi connectivity index (χ3v) is 2.24. The Morgan fingerprint density at radius 3 is 2.94 bits per heavy atom. The van der Waals surface area contributed by atoms with Crippen molar-refractivity contribution in [3.8, 4) is 0 Å². The number of carbonyl (C=O) groups is 1. The van der Waals surface area contributed by atoms with E-state index >= 15 is 0 Å². The zero-order chi connectivity index (χ0) is 12.0. The SMILES string of the molecule is CCOC(=O)CN(C)Cc1ncccc1C. The molecule has 0 aliphatic rings. The van der Waals surface area contributed by atoms with Gasteiger partial charge in [0.25, 0.3) is 0 Å². The molecule has 4 nitrogen and oxygen atoms in total. The maximum absolute atomic E-state index is 11.2. The summed E-state index contributed by atoms with van der Waals surface area (Å²) in [6.45, 7) is 5.20. The van der Waals surface area contributed by atoms with Gasteiger partial charge in [-0.05, 0) is 32.5 Å². The first-order valence-electron chi connectivity index (χ1n) is 5.38. The topological polar surface area (TPSA) is 42.4 Å². The second kappa shape index (κ2) is 6.23. The Morgan fingerprint density at radius 2 is 2.31 bits per heavy atom. The van der Waals surface area contributed by atoms with Gasteiger partial charge in [0.05, 0.1) is 18.8 Å². The molecule has 0 radical (unpaired) electrons. The molecule has 0 unspecified atom stereocenters. The predicted octanol–water partition coefficient (Wildman–Crippen LogP) is 1.38. The van der Waals surface area contributed by atoms with Crippen LogP contribution in [0, 0.1) is 6.92 Å². The number of carbonyl (C=O) groups excluding carboxylic acids is 1. The van der Waals surface area contributed by atoms with Gasteiger partial charge in [-0.15, -0.1) is 0 Å². The average Bonchev–Trinajstić information content (AvgIpc) is 2.21. The molecule has 0 N–H and O–H groups in total. The summed E-state index contributed by atoms with van der Waals surface area (Å²) in [4.78, 5) is 17.4. The van der Waals surface area contributed by atoms with Crippen molar-refractivity contribution in [1.29, 1.82) is 0 Å². The number of aromatic nitrogens is 1. The highest BCUT2D eigenvalue weighted by atomic mass is 16.5. The average molecular weight is 222 g/mol. The van der Waals surface area contributed by atoms with Crippen LogP contribution in [0.25, 0.3) is 0 Å². The molecular weight excluding hydrogens is 204 g/mol. The molecule has 0 atom stereocenters. The summed E-state index contributed by atoms with van der Waals surface area (Å²) in [6, 6.07) is 3.92. The van der Waals surface area contributed by atoms with Crippen molar-refractivity contribution >= 4 is 5.97 Å². The van der Waals surface area contributed by atoms with E-state index in [-0.39, 0.29) is 5.97 Å². The summed E-state index contributed by atoms with van der Waals surface area (Å²) in [5.74, 6) is -0.196. The first-order chi connectivity index (χ1) is 7.63. The number of nitrogens with zero attached hydrogens (tertiary/aromatic N) is 2. The highest BCUT2D eigenvalue weighted by Gasteiger charge is 2.09. The second-order valence-corrected chi connectivity index (χ2v) is 3.74. The Hall–Kier alpha value is -1.42. The highest BCUT2D eigenvalue weighted by molar-refractivity contribution is 5.71. The number of likely N-dealkylation sites (N-methyl/N-ethyl adjacent to an activating group) is 1. The first kappa shape index (κ1) is 12.6. The smallest absolute Gasteiger partial charge is 0.320 e. The lowest BCUT2D eigenvalue weighted by Crippen LogP contribution is -2.27. The van der Waals surface area contributed by atoms with Gasteiger partial charge in [0, 0.05) is 12.7 Å². The third-order valence-electron chi connectivity index (χ3n) is 2.24. The minimum atomic E-state index is -0.196. The van der Waals surface area contributed by atoms with E-state index in [2.05, 4.69) is 4.98 Å². The number of pyridine rings is 1. The minimum Gasteiger partial charge on any atom is -0.465 e. The number of esters is 1. The van der Waals surface area contributed by atoms with Gasteiger partial charge in [0.15, 0.2) is 0 Å². The van der Waals surface area contributed by atoms with Gasteiger partial charge in [0.2, 0.25) is 0 Å². The summed E-state index contributed by atoms with van der Waals surface area (Å²) in [6.07, 6.45) is 1.76. The van der Waals surface area contributed by atoms with Crippen LogP contribution in [-0.2, 0) is 16.1 Å². The zero-order valence-electron chi connectivity index (χ0n) is 10.1. The van der Waals surface area contributed by atoms with Crippen LogP contribution in [0.2, 0.25) is 0 Å². The summed E-state index contributed by atoms with van der Waals surface area (Å²) < 4.78 is 4.88. The van der Waals surface area contributed by atoms with Crippen LogP contribution in [0.5, 0.6) is 0 Å². The Morgan fingerprint density at radius 1 is 1.56 bits per heavy atom. The van der Waals surface area contributed by atoms with Gasteiger partial charge >= 0.3 is 5.97 Å². The third kappa shape index (κ3) is 3.98. The van der Waals surface area contributed by atoms with E-state index in [0.29, 0.717) is 19.7 Å². The molecular formula is C12H18N2O2. The minimum absolute atomic E-state index is 0.196. The van der Waals surface area contributed by atoms with Crippen LogP contribution in [0.3, 0.4) is 0 Å². The van der Waals surface area contributed by atoms with E-state index in [0.717, 1.165) is 11.3 Å². The standard InChI is InChI=1S/C12H18N2O2/c1-4-16-12(15)9-14(3)8-11-10(2)6-5-7-13-11/h5-7H,4,8-9H2,1-3H3. The lowest BCUT2D eigenvalue weighted by atomic mass is 10.2. The molecule has 1 heterocycles.